The second-order valence-corrected chi connectivity index (χ2v) is 4.19. The number of thiazole rings is 1. The number of aryl methyl sites for hydroxylation is 1. The highest BCUT2D eigenvalue weighted by Crippen LogP contribution is 2.07. The number of morpholine rings is 1. The molecule has 1 aromatic heterocycles. The van der Waals surface area contributed by atoms with Gasteiger partial charge in [-0.1, -0.05) is 0 Å². The first kappa shape index (κ1) is 10.6. The molecule has 0 aromatic carbocycles. The fourth-order valence-corrected chi connectivity index (χ4v) is 2.16. The first-order valence-corrected chi connectivity index (χ1v) is 6.03. The number of amides is 1. The van der Waals surface area contributed by atoms with Gasteiger partial charge in [-0.15, -0.1) is 11.3 Å². The fraction of sp³-hybridized carbons (Fsp3) is 0.600. The predicted octanol–water partition coefficient (Wildman–Crippen LogP) is 0.934. The molecule has 0 atom stereocenters. The molecule has 0 spiro atoms. The summed E-state index contributed by atoms with van der Waals surface area (Å²) in [4.78, 5) is 17.8. The average Bonchev–Trinajstić information content (AvgIpc) is 2.80. The van der Waals surface area contributed by atoms with Gasteiger partial charge in [-0.2, -0.15) is 0 Å². The molecule has 0 bridgehead atoms. The largest absolute Gasteiger partial charge is 0.378 e. The highest BCUT2D eigenvalue weighted by atomic mass is 32.1. The van der Waals surface area contributed by atoms with E-state index in [0.29, 0.717) is 19.6 Å². The van der Waals surface area contributed by atoms with Gasteiger partial charge >= 0.3 is 0 Å². The molecule has 5 heteroatoms. The molecule has 0 N–H and O–H groups in total. The van der Waals surface area contributed by atoms with E-state index in [1.54, 1.807) is 16.8 Å². The number of hydrogen-bond donors (Lipinski definition) is 0. The molecule has 15 heavy (non-hydrogen) atoms. The van der Waals surface area contributed by atoms with Gasteiger partial charge in [0.2, 0.25) is 5.91 Å². The Morgan fingerprint density at radius 3 is 3.00 bits per heavy atom. The molecule has 1 aromatic rings. The van der Waals surface area contributed by atoms with Crippen molar-refractivity contribution in [2.45, 2.75) is 12.8 Å². The molecule has 0 aliphatic carbocycles. The average molecular weight is 226 g/mol. The van der Waals surface area contributed by atoms with Crippen molar-refractivity contribution in [1.82, 2.24) is 9.88 Å². The normalized spacial score (nSPS) is 16.7. The van der Waals surface area contributed by atoms with Crippen LogP contribution in [0, 0.1) is 0 Å². The van der Waals surface area contributed by atoms with Gasteiger partial charge in [-0.05, 0) is 6.42 Å². The van der Waals surface area contributed by atoms with Gasteiger partial charge in [0.05, 0.1) is 24.4 Å². The van der Waals surface area contributed by atoms with Gasteiger partial charge < -0.3 is 9.64 Å². The van der Waals surface area contributed by atoms with Crippen LogP contribution in [0.2, 0.25) is 0 Å². The maximum atomic E-state index is 11.7. The molecule has 0 unspecified atom stereocenters. The van der Waals surface area contributed by atoms with Crippen LogP contribution in [0.25, 0.3) is 0 Å². The zero-order valence-corrected chi connectivity index (χ0v) is 9.33. The van der Waals surface area contributed by atoms with Crippen LogP contribution in [0.15, 0.2) is 10.9 Å². The van der Waals surface area contributed by atoms with Crippen LogP contribution in [0.1, 0.15) is 12.1 Å². The third-order valence-corrected chi connectivity index (χ3v) is 3.08. The maximum Gasteiger partial charge on any atom is 0.223 e. The first-order chi connectivity index (χ1) is 7.36. The number of carbonyl (C=O) groups is 1. The molecule has 0 saturated carbocycles. The van der Waals surface area contributed by atoms with Crippen LogP contribution < -0.4 is 0 Å². The van der Waals surface area contributed by atoms with E-state index in [4.69, 9.17) is 4.74 Å². The van der Waals surface area contributed by atoms with Gasteiger partial charge in [0.1, 0.15) is 0 Å². The summed E-state index contributed by atoms with van der Waals surface area (Å²) in [6.07, 6.45) is 1.31. The number of hydrogen-bond acceptors (Lipinski definition) is 4. The van der Waals surface area contributed by atoms with Crippen molar-refractivity contribution in [3.8, 4) is 0 Å². The second kappa shape index (κ2) is 5.23. The molecule has 2 rings (SSSR count). The van der Waals surface area contributed by atoms with Crippen LogP contribution in [0.5, 0.6) is 0 Å². The topological polar surface area (TPSA) is 42.4 Å². The highest BCUT2D eigenvalue weighted by molar-refractivity contribution is 7.07. The Bertz CT molecular complexity index is 307. The van der Waals surface area contributed by atoms with Gasteiger partial charge in [-0.25, -0.2) is 4.98 Å². The van der Waals surface area contributed by atoms with Gasteiger partial charge in [0.15, 0.2) is 0 Å². The lowest BCUT2D eigenvalue weighted by Gasteiger charge is -2.26. The first-order valence-electron chi connectivity index (χ1n) is 5.09. The van der Waals surface area contributed by atoms with Crippen molar-refractivity contribution in [3.63, 3.8) is 0 Å². The summed E-state index contributed by atoms with van der Waals surface area (Å²) < 4.78 is 5.20. The third kappa shape index (κ3) is 3.00. The summed E-state index contributed by atoms with van der Waals surface area (Å²) in [5.41, 5.74) is 2.82. The number of carbonyl (C=O) groups excluding carboxylic acids is 1. The summed E-state index contributed by atoms with van der Waals surface area (Å²) in [6, 6.07) is 0. The molecule has 1 saturated heterocycles. The van der Waals surface area contributed by atoms with E-state index in [-0.39, 0.29) is 5.91 Å². The molecular formula is C10H14N2O2S. The minimum Gasteiger partial charge on any atom is -0.378 e. The zero-order chi connectivity index (χ0) is 10.5. The SMILES string of the molecule is O=C(CCc1cscn1)N1CCOCC1. The van der Waals surface area contributed by atoms with Crippen LogP contribution >= 0.6 is 11.3 Å². The third-order valence-electron chi connectivity index (χ3n) is 2.44. The molecule has 1 fully saturated rings. The Labute approximate surface area is 92.9 Å². The number of rotatable bonds is 3. The Kier molecular flexibility index (Phi) is 3.69. The summed E-state index contributed by atoms with van der Waals surface area (Å²) in [5.74, 6) is 0.214. The predicted molar refractivity (Wildman–Crippen MR) is 57.8 cm³/mol. The lowest BCUT2D eigenvalue weighted by Crippen LogP contribution is -2.40. The quantitative estimate of drug-likeness (QED) is 0.770. The summed E-state index contributed by atoms with van der Waals surface area (Å²) >= 11 is 1.57. The van der Waals surface area contributed by atoms with Crippen molar-refractivity contribution in [1.29, 1.82) is 0 Å². The Balaban J connectivity index is 1.76. The van der Waals surface area contributed by atoms with Crippen LogP contribution in [-0.2, 0) is 16.0 Å². The van der Waals surface area contributed by atoms with Gasteiger partial charge in [0, 0.05) is 24.9 Å². The van der Waals surface area contributed by atoms with Crippen molar-refractivity contribution in [3.05, 3.63) is 16.6 Å². The Morgan fingerprint density at radius 2 is 2.33 bits per heavy atom. The fourth-order valence-electron chi connectivity index (χ4n) is 1.57. The number of nitrogens with zero attached hydrogens (tertiary/aromatic N) is 2. The van der Waals surface area contributed by atoms with Gasteiger partial charge in [0.25, 0.3) is 0 Å². The minimum atomic E-state index is 0.214. The summed E-state index contributed by atoms with van der Waals surface area (Å²) in [5, 5.41) is 1.99. The molecule has 82 valence electrons. The Morgan fingerprint density at radius 1 is 1.53 bits per heavy atom. The van der Waals surface area contributed by atoms with Crippen LogP contribution in [-0.4, -0.2) is 42.1 Å². The number of aromatic nitrogens is 1. The highest BCUT2D eigenvalue weighted by Gasteiger charge is 2.16. The van der Waals surface area contributed by atoms with E-state index >= 15 is 0 Å². The lowest BCUT2D eigenvalue weighted by atomic mass is 10.2. The molecule has 4 nitrogen and oxygen atoms in total. The molecule has 0 radical (unpaired) electrons. The van der Waals surface area contributed by atoms with E-state index in [9.17, 15) is 4.79 Å². The van der Waals surface area contributed by atoms with E-state index in [1.165, 1.54) is 0 Å². The van der Waals surface area contributed by atoms with Crippen molar-refractivity contribution in [2.24, 2.45) is 0 Å². The molecular weight excluding hydrogens is 212 g/mol. The zero-order valence-electron chi connectivity index (χ0n) is 8.52. The maximum absolute atomic E-state index is 11.7. The molecule has 2 heterocycles. The summed E-state index contributed by atoms with van der Waals surface area (Å²) in [7, 11) is 0. The van der Waals surface area contributed by atoms with Gasteiger partial charge in [-0.3, -0.25) is 4.79 Å². The Hall–Kier alpha value is -0.940. The van der Waals surface area contributed by atoms with Crippen LogP contribution in [0.4, 0.5) is 0 Å². The van der Waals surface area contributed by atoms with E-state index < -0.39 is 0 Å². The van der Waals surface area contributed by atoms with E-state index in [1.807, 2.05) is 10.3 Å². The molecule has 1 aliphatic heterocycles. The monoisotopic (exact) mass is 226 g/mol. The standard InChI is InChI=1S/C10H14N2O2S/c13-10(12-3-5-14-6-4-12)2-1-9-7-15-8-11-9/h7-8H,1-6H2. The molecule has 1 amide bonds. The molecule has 1 aliphatic rings. The van der Waals surface area contributed by atoms with Crippen molar-refractivity contribution >= 4 is 17.2 Å². The van der Waals surface area contributed by atoms with E-state index in [2.05, 4.69) is 4.98 Å². The van der Waals surface area contributed by atoms with E-state index in [0.717, 1.165) is 25.2 Å². The second-order valence-electron chi connectivity index (χ2n) is 3.47. The van der Waals surface area contributed by atoms with Crippen LogP contribution in [0.3, 0.4) is 0 Å². The lowest BCUT2D eigenvalue weighted by molar-refractivity contribution is -0.135. The number of ether oxygens (including phenoxy) is 1. The van der Waals surface area contributed by atoms with Crippen molar-refractivity contribution in [2.75, 3.05) is 26.3 Å². The van der Waals surface area contributed by atoms with Crippen molar-refractivity contribution < 1.29 is 9.53 Å². The smallest absolute Gasteiger partial charge is 0.223 e. The minimum absolute atomic E-state index is 0.214. The summed E-state index contributed by atoms with van der Waals surface area (Å²) in [6.45, 7) is 2.80.